The van der Waals surface area contributed by atoms with Crippen LogP contribution < -0.4 is 0 Å². The maximum absolute atomic E-state index is 9.93. The summed E-state index contributed by atoms with van der Waals surface area (Å²) in [6.07, 6.45) is 11.2. The SMILES string of the molecule is O.O=CC=CCCCCCCC=O. The molecule has 0 bridgehead atoms. The maximum atomic E-state index is 9.93. The molecule has 0 aliphatic carbocycles. The standard InChI is InChI=1S/C10H16O2.H2O/c11-9-7-5-3-1-2-4-6-8-10-12;/h5,7,9-10H,1-4,6,8H2;1H2. The van der Waals surface area contributed by atoms with E-state index >= 15 is 0 Å². The maximum Gasteiger partial charge on any atom is 0.142 e. The number of allylic oxidation sites excluding steroid dienone is 2. The lowest BCUT2D eigenvalue weighted by atomic mass is 10.1. The van der Waals surface area contributed by atoms with Crippen molar-refractivity contribution < 1.29 is 15.1 Å². The Hall–Kier alpha value is -0.960. The van der Waals surface area contributed by atoms with Crippen molar-refractivity contribution in [3.8, 4) is 0 Å². The van der Waals surface area contributed by atoms with Crippen LogP contribution in [-0.4, -0.2) is 18.0 Å². The van der Waals surface area contributed by atoms with Crippen molar-refractivity contribution in [1.29, 1.82) is 0 Å². The van der Waals surface area contributed by atoms with E-state index in [1.807, 2.05) is 6.08 Å². The molecule has 0 aliphatic rings. The molecule has 0 radical (unpaired) electrons. The molecule has 0 aliphatic heterocycles. The molecule has 0 heterocycles. The first kappa shape index (κ1) is 14.6. The zero-order chi connectivity index (χ0) is 9.07. The van der Waals surface area contributed by atoms with Gasteiger partial charge in [0.15, 0.2) is 0 Å². The molecule has 0 unspecified atom stereocenters. The molecule has 0 fully saturated rings. The van der Waals surface area contributed by atoms with E-state index in [0.717, 1.165) is 44.7 Å². The third kappa shape index (κ3) is 14.0. The molecular formula is C10H18O3. The average molecular weight is 186 g/mol. The third-order valence-electron chi connectivity index (χ3n) is 1.66. The molecule has 0 rings (SSSR count). The van der Waals surface area contributed by atoms with Crippen molar-refractivity contribution in [1.82, 2.24) is 0 Å². The van der Waals surface area contributed by atoms with Gasteiger partial charge in [0.1, 0.15) is 12.6 Å². The van der Waals surface area contributed by atoms with Gasteiger partial charge in [-0.05, 0) is 25.3 Å². The van der Waals surface area contributed by atoms with E-state index in [4.69, 9.17) is 0 Å². The molecule has 0 amide bonds. The van der Waals surface area contributed by atoms with Gasteiger partial charge in [0.25, 0.3) is 0 Å². The van der Waals surface area contributed by atoms with Gasteiger partial charge >= 0.3 is 0 Å². The molecule has 0 aromatic rings. The van der Waals surface area contributed by atoms with Gasteiger partial charge in [-0.2, -0.15) is 0 Å². The Bertz CT molecular complexity index is 141. The zero-order valence-corrected chi connectivity index (χ0v) is 7.87. The van der Waals surface area contributed by atoms with Gasteiger partial charge in [-0.25, -0.2) is 0 Å². The Labute approximate surface area is 79.1 Å². The van der Waals surface area contributed by atoms with E-state index in [1.165, 1.54) is 6.08 Å². The largest absolute Gasteiger partial charge is 0.412 e. The first-order chi connectivity index (χ1) is 5.91. The van der Waals surface area contributed by atoms with E-state index in [0.29, 0.717) is 6.42 Å². The Morgan fingerprint density at radius 3 is 2.00 bits per heavy atom. The molecule has 2 N–H and O–H groups in total. The highest BCUT2D eigenvalue weighted by atomic mass is 16.1. The van der Waals surface area contributed by atoms with Gasteiger partial charge in [-0.15, -0.1) is 0 Å². The average Bonchev–Trinajstić information content (AvgIpc) is 2.10. The van der Waals surface area contributed by atoms with Crippen molar-refractivity contribution in [2.24, 2.45) is 0 Å². The Morgan fingerprint density at radius 2 is 1.46 bits per heavy atom. The Morgan fingerprint density at radius 1 is 0.846 bits per heavy atom. The molecular weight excluding hydrogens is 168 g/mol. The van der Waals surface area contributed by atoms with Crippen molar-refractivity contribution in [3.05, 3.63) is 12.2 Å². The van der Waals surface area contributed by atoms with Gasteiger partial charge in [0.2, 0.25) is 0 Å². The second-order valence-corrected chi connectivity index (χ2v) is 2.72. The van der Waals surface area contributed by atoms with Crippen LogP contribution in [0.1, 0.15) is 38.5 Å². The molecule has 0 spiro atoms. The van der Waals surface area contributed by atoms with Crippen LogP contribution in [0.2, 0.25) is 0 Å². The number of hydrogen-bond donors (Lipinski definition) is 0. The lowest BCUT2D eigenvalue weighted by molar-refractivity contribution is -0.108. The lowest BCUT2D eigenvalue weighted by Gasteiger charge is -1.94. The Kier molecular flexibility index (Phi) is 15.2. The summed E-state index contributed by atoms with van der Waals surface area (Å²) in [5.41, 5.74) is 0. The van der Waals surface area contributed by atoms with Gasteiger partial charge in [-0.3, -0.25) is 4.79 Å². The van der Waals surface area contributed by atoms with Gasteiger partial charge in [0.05, 0.1) is 0 Å². The van der Waals surface area contributed by atoms with Gasteiger partial charge < -0.3 is 10.3 Å². The van der Waals surface area contributed by atoms with Crippen LogP contribution in [0.15, 0.2) is 12.2 Å². The molecule has 0 aromatic heterocycles. The van der Waals surface area contributed by atoms with Crippen LogP contribution >= 0.6 is 0 Å². The first-order valence-electron chi connectivity index (χ1n) is 4.45. The summed E-state index contributed by atoms with van der Waals surface area (Å²) in [5, 5.41) is 0. The van der Waals surface area contributed by atoms with Gasteiger partial charge in [0, 0.05) is 6.42 Å². The minimum absolute atomic E-state index is 0. The van der Waals surface area contributed by atoms with Crippen LogP contribution in [0.4, 0.5) is 0 Å². The highest BCUT2D eigenvalue weighted by Crippen LogP contribution is 2.04. The van der Waals surface area contributed by atoms with E-state index in [1.54, 1.807) is 0 Å². The molecule has 0 saturated carbocycles. The smallest absolute Gasteiger partial charge is 0.142 e. The molecule has 0 saturated heterocycles. The summed E-state index contributed by atoms with van der Waals surface area (Å²) in [5.74, 6) is 0. The van der Waals surface area contributed by atoms with Crippen LogP contribution in [0.5, 0.6) is 0 Å². The highest BCUT2D eigenvalue weighted by Gasteiger charge is 1.87. The van der Waals surface area contributed by atoms with E-state index in [2.05, 4.69) is 0 Å². The molecule has 13 heavy (non-hydrogen) atoms. The summed E-state index contributed by atoms with van der Waals surface area (Å²) in [7, 11) is 0. The minimum Gasteiger partial charge on any atom is -0.412 e. The summed E-state index contributed by atoms with van der Waals surface area (Å²) in [6.45, 7) is 0. The Balaban J connectivity index is 0. The van der Waals surface area contributed by atoms with Crippen LogP contribution in [-0.2, 0) is 9.59 Å². The fraction of sp³-hybridized carbons (Fsp3) is 0.600. The van der Waals surface area contributed by atoms with Crippen LogP contribution in [0.3, 0.4) is 0 Å². The first-order valence-corrected chi connectivity index (χ1v) is 4.45. The van der Waals surface area contributed by atoms with E-state index in [9.17, 15) is 9.59 Å². The fourth-order valence-electron chi connectivity index (χ4n) is 0.995. The normalized spacial score (nSPS) is 9.54. The number of carbonyl (C=O) groups is 2. The number of carbonyl (C=O) groups excluding carboxylic acids is 2. The monoisotopic (exact) mass is 186 g/mol. The third-order valence-corrected chi connectivity index (χ3v) is 1.66. The van der Waals surface area contributed by atoms with Gasteiger partial charge in [-0.1, -0.05) is 18.9 Å². The lowest BCUT2D eigenvalue weighted by Crippen LogP contribution is -1.79. The summed E-state index contributed by atoms with van der Waals surface area (Å²) >= 11 is 0. The van der Waals surface area contributed by atoms with Crippen molar-refractivity contribution >= 4 is 12.6 Å². The number of hydrogen-bond acceptors (Lipinski definition) is 2. The van der Waals surface area contributed by atoms with E-state index < -0.39 is 0 Å². The van der Waals surface area contributed by atoms with Crippen molar-refractivity contribution in [2.45, 2.75) is 38.5 Å². The second kappa shape index (κ2) is 13.6. The predicted molar refractivity (Wildman–Crippen MR) is 52.6 cm³/mol. The minimum atomic E-state index is 0. The van der Waals surface area contributed by atoms with E-state index in [-0.39, 0.29) is 5.48 Å². The predicted octanol–water partition coefficient (Wildman–Crippen LogP) is 1.46. The molecule has 0 aromatic carbocycles. The van der Waals surface area contributed by atoms with Crippen LogP contribution in [0.25, 0.3) is 0 Å². The molecule has 3 heteroatoms. The topological polar surface area (TPSA) is 65.6 Å². The fourth-order valence-corrected chi connectivity index (χ4v) is 0.995. The van der Waals surface area contributed by atoms with Crippen molar-refractivity contribution in [3.63, 3.8) is 0 Å². The molecule has 76 valence electrons. The summed E-state index contributed by atoms with van der Waals surface area (Å²) < 4.78 is 0. The number of unbranched alkanes of at least 4 members (excludes halogenated alkanes) is 5. The zero-order valence-electron chi connectivity index (χ0n) is 7.87. The summed E-state index contributed by atoms with van der Waals surface area (Å²) in [4.78, 5) is 19.8. The highest BCUT2D eigenvalue weighted by molar-refractivity contribution is 5.64. The quantitative estimate of drug-likeness (QED) is 0.327. The number of rotatable bonds is 8. The summed E-state index contributed by atoms with van der Waals surface area (Å²) in [6, 6.07) is 0. The number of aldehydes is 2. The molecule has 3 nitrogen and oxygen atoms in total. The van der Waals surface area contributed by atoms with Crippen LogP contribution in [0, 0.1) is 0 Å². The molecule has 0 atom stereocenters. The van der Waals surface area contributed by atoms with Crippen molar-refractivity contribution in [2.75, 3.05) is 0 Å². The second-order valence-electron chi connectivity index (χ2n) is 2.72.